The largest absolute Gasteiger partial charge is 0.352 e. The van der Waals surface area contributed by atoms with E-state index in [1.54, 1.807) is 42.5 Å². The molecule has 0 aromatic heterocycles. The minimum Gasteiger partial charge on any atom is -0.352 e. The minimum absolute atomic E-state index is 0.246. The Morgan fingerprint density at radius 3 is 2.23 bits per heavy atom. The molecule has 26 heavy (non-hydrogen) atoms. The van der Waals surface area contributed by atoms with Crippen LogP contribution in [-0.4, -0.2) is 41.6 Å². The van der Waals surface area contributed by atoms with Crippen LogP contribution in [-0.2, 0) is 4.79 Å². The van der Waals surface area contributed by atoms with Gasteiger partial charge >= 0.3 is 0 Å². The Morgan fingerprint density at radius 1 is 0.962 bits per heavy atom. The summed E-state index contributed by atoms with van der Waals surface area (Å²) in [6.07, 6.45) is 0. The number of anilines is 1. The van der Waals surface area contributed by atoms with Crippen LogP contribution in [0.25, 0.3) is 0 Å². The van der Waals surface area contributed by atoms with Crippen molar-refractivity contribution in [3.05, 3.63) is 65.2 Å². The Kier molecular flexibility index (Phi) is 4.79. The van der Waals surface area contributed by atoms with E-state index in [1.165, 1.54) is 6.07 Å². The van der Waals surface area contributed by atoms with Gasteiger partial charge < -0.3 is 10.6 Å². The number of carbonyl (C=O) groups excluding carboxylic acids is 4. The van der Waals surface area contributed by atoms with Crippen LogP contribution in [0.5, 0.6) is 0 Å². The van der Waals surface area contributed by atoms with E-state index >= 15 is 0 Å². The molecule has 0 aliphatic carbocycles. The van der Waals surface area contributed by atoms with Gasteiger partial charge in [-0.05, 0) is 37.3 Å². The molecule has 0 bridgehead atoms. The molecule has 0 atom stereocenters. The second-order valence-electron chi connectivity index (χ2n) is 5.73. The maximum atomic E-state index is 12.3. The van der Waals surface area contributed by atoms with Crippen molar-refractivity contribution in [1.82, 2.24) is 10.2 Å². The van der Waals surface area contributed by atoms with Gasteiger partial charge in [0.05, 0.1) is 11.1 Å². The van der Waals surface area contributed by atoms with Crippen LogP contribution in [0.1, 0.15) is 38.0 Å². The molecule has 0 radical (unpaired) electrons. The van der Waals surface area contributed by atoms with Gasteiger partial charge in [-0.25, -0.2) is 0 Å². The number of benzene rings is 2. The summed E-state index contributed by atoms with van der Waals surface area (Å²) < 4.78 is 0. The van der Waals surface area contributed by atoms with E-state index in [4.69, 9.17) is 0 Å². The van der Waals surface area contributed by atoms with Crippen LogP contribution >= 0.6 is 0 Å². The molecule has 0 spiro atoms. The predicted molar refractivity (Wildman–Crippen MR) is 94.9 cm³/mol. The van der Waals surface area contributed by atoms with Gasteiger partial charge in [0.15, 0.2) is 0 Å². The molecule has 3 rings (SSSR count). The van der Waals surface area contributed by atoms with E-state index in [9.17, 15) is 19.2 Å². The maximum absolute atomic E-state index is 12.3. The van der Waals surface area contributed by atoms with Crippen molar-refractivity contribution in [3.63, 3.8) is 0 Å². The first-order chi connectivity index (χ1) is 12.5. The van der Waals surface area contributed by atoms with Crippen molar-refractivity contribution in [2.75, 3.05) is 18.4 Å². The summed E-state index contributed by atoms with van der Waals surface area (Å²) >= 11 is 0. The lowest BCUT2D eigenvalue weighted by molar-refractivity contribution is -0.116. The molecule has 1 aliphatic heterocycles. The molecule has 4 amide bonds. The van der Waals surface area contributed by atoms with Crippen molar-refractivity contribution >= 4 is 29.3 Å². The fourth-order valence-electron chi connectivity index (χ4n) is 2.73. The minimum atomic E-state index is -0.521. The van der Waals surface area contributed by atoms with Crippen LogP contribution in [0.2, 0.25) is 0 Å². The Balaban J connectivity index is 1.69. The predicted octanol–water partition coefficient (Wildman–Crippen LogP) is 1.67. The van der Waals surface area contributed by atoms with Crippen LogP contribution in [0.15, 0.2) is 48.5 Å². The number of imide groups is 1. The number of carbonyl (C=O) groups is 4. The molecular weight excluding hydrogens is 334 g/mol. The lowest BCUT2D eigenvalue weighted by Gasteiger charge is -2.14. The van der Waals surface area contributed by atoms with E-state index in [2.05, 4.69) is 10.6 Å². The Morgan fingerprint density at radius 2 is 1.62 bits per heavy atom. The summed E-state index contributed by atoms with van der Waals surface area (Å²) in [6.45, 7) is 1.92. The second kappa shape index (κ2) is 7.18. The fraction of sp³-hybridized carbons (Fsp3) is 0.158. The zero-order valence-electron chi connectivity index (χ0n) is 14.1. The van der Waals surface area contributed by atoms with Gasteiger partial charge in [0.1, 0.15) is 6.54 Å². The molecule has 132 valence electrons. The number of nitrogens with zero attached hydrogens (tertiary/aromatic N) is 1. The van der Waals surface area contributed by atoms with Gasteiger partial charge in [-0.1, -0.05) is 18.2 Å². The zero-order chi connectivity index (χ0) is 18.7. The molecule has 0 unspecified atom stereocenters. The van der Waals surface area contributed by atoms with E-state index in [0.717, 1.165) is 4.90 Å². The highest BCUT2D eigenvalue weighted by molar-refractivity contribution is 6.22. The average Bonchev–Trinajstić information content (AvgIpc) is 2.87. The molecule has 0 saturated carbocycles. The van der Waals surface area contributed by atoms with Gasteiger partial charge in [0.25, 0.3) is 17.7 Å². The fourth-order valence-corrected chi connectivity index (χ4v) is 2.73. The van der Waals surface area contributed by atoms with E-state index < -0.39 is 24.3 Å². The van der Waals surface area contributed by atoms with E-state index in [1.807, 2.05) is 6.92 Å². The molecule has 7 nitrogen and oxygen atoms in total. The number of fused-ring (bicyclic) bond motifs is 1. The quantitative estimate of drug-likeness (QED) is 0.801. The number of nitrogens with one attached hydrogen (secondary N) is 2. The van der Waals surface area contributed by atoms with E-state index in [-0.39, 0.29) is 5.91 Å². The molecule has 0 fully saturated rings. The first kappa shape index (κ1) is 17.3. The van der Waals surface area contributed by atoms with Gasteiger partial charge in [-0.15, -0.1) is 0 Å². The number of hydrogen-bond acceptors (Lipinski definition) is 4. The number of amides is 4. The summed E-state index contributed by atoms with van der Waals surface area (Å²) in [6, 6.07) is 12.9. The van der Waals surface area contributed by atoms with E-state index in [0.29, 0.717) is 28.9 Å². The molecule has 2 aromatic carbocycles. The first-order valence-corrected chi connectivity index (χ1v) is 8.14. The standard InChI is InChI=1S/C19H17N3O4/c1-2-20-17(24)12-6-5-7-13(10-12)21-16(23)11-22-18(25)14-8-3-4-9-15(14)19(22)26/h3-10H,2,11H2,1H3,(H,20,24)(H,21,23). The van der Waals surface area contributed by atoms with Gasteiger partial charge in [0, 0.05) is 17.8 Å². The third-order valence-electron chi connectivity index (χ3n) is 3.93. The molecular formula is C19H17N3O4. The normalized spacial score (nSPS) is 12.7. The second-order valence-corrected chi connectivity index (χ2v) is 5.73. The van der Waals surface area contributed by atoms with Crippen LogP contribution < -0.4 is 10.6 Å². The Bertz CT molecular complexity index is 872. The zero-order valence-corrected chi connectivity index (χ0v) is 14.1. The molecule has 1 heterocycles. The molecule has 2 N–H and O–H groups in total. The third kappa shape index (κ3) is 3.32. The smallest absolute Gasteiger partial charge is 0.262 e. The maximum Gasteiger partial charge on any atom is 0.262 e. The number of hydrogen-bond donors (Lipinski definition) is 2. The van der Waals surface area contributed by atoms with Crippen LogP contribution in [0.4, 0.5) is 5.69 Å². The molecule has 1 aliphatic rings. The molecule has 7 heteroatoms. The summed E-state index contributed by atoms with van der Waals surface area (Å²) in [4.78, 5) is 49.6. The summed E-state index contributed by atoms with van der Waals surface area (Å²) in [5, 5.41) is 5.28. The lowest BCUT2D eigenvalue weighted by atomic mass is 10.1. The third-order valence-corrected chi connectivity index (χ3v) is 3.93. The van der Waals surface area contributed by atoms with Crippen molar-refractivity contribution in [3.8, 4) is 0 Å². The Hall–Kier alpha value is -3.48. The first-order valence-electron chi connectivity index (χ1n) is 8.14. The topological polar surface area (TPSA) is 95.6 Å². The van der Waals surface area contributed by atoms with Gasteiger partial charge in [0.2, 0.25) is 5.91 Å². The van der Waals surface area contributed by atoms with Crippen molar-refractivity contribution in [2.45, 2.75) is 6.92 Å². The van der Waals surface area contributed by atoms with Gasteiger partial charge in [-0.3, -0.25) is 24.1 Å². The monoisotopic (exact) mass is 351 g/mol. The lowest BCUT2D eigenvalue weighted by Crippen LogP contribution is -2.37. The van der Waals surface area contributed by atoms with Crippen molar-refractivity contribution < 1.29 is 19.2 Å². The molecule has 0 saturated heterocycles. The van der Waals surface area contributed by atoms with Crippen molar-refractivity contribution in [2.24, 2.45) is 0 Å². The Labute approximate surface area is 150 Å². The van der Waals surface area contributed by atoms with Crippen LogP contribution in [0, 0.1) is 0 Å². The highest BCUT2D eigenvalue weighted by atomic mass is 16.2. The highest BCUT2D eigenvalue weighted by Crippen LogP contribution is 2.22. The highest BCUT2D eigenvalue weighted by Gasteiger charge is 2.36. The summed E-state index contributed by atoms with van der Waals surface area (Å²) in [5.74, 6) is -1.75. The van der Waals surface area contributed by atoms with Crippen LogP contribution in [0.3, 0.4) is 0 Å². The number of rotatable bonds is 5. The van der Waals surface area contributed by atoms with Gasteiger partial charge in [-0.2, -0.15) is 0 Å². The summed E-state index contributed by atoms with van der Waals surface area (Å²) in [5.41, 5.74) is 1.41. The molecule has 2 aromatic rings. The summed E-state index contributed by atoms with van der Waals surface area (Å²) in [7, 11) is 0. The van der Waals surface area contributed by atoms with Crippen molar-refractivity contribution in [1.29, 1.82) is 0 Å². The SMILES string of the molecule is CCNC(=O)c1cccc(NC(=O)CN2C(=O)c3ccccc3C2=O)c1. The average molecular weight is 351 g/mol.